The van der Waals surface area contributed by atoms with Crippen LogP contribution in [-0.2, 0) is 9.53 Å². The van der Waals surface area contributed by atoms with Crippen molar-refractivity contribution in [2.75, 3.05) is 29.9 Å². The maximum absolute atomic E-state index is 12.4. The lowest BCUT2D eigenvalue weighted by atomic mass is 9.91. The Morgan fingerprint density at radius 3 is 2.68 bits per heavy atom. The van der Waals surface area contributed by atoms with Gasteiger partial charge in [0.25, 0.3) is 11.6 Å². The Labute approximate surface area is 183 Å². The van der Waals surface area contributed by atoms with E-state index in [0.717, 1.165) is 6.42 Å². The predicted molar refractivity (Wildman–Crippen MR) is 116 cm³/mol. The highest BCUT2D eigenvalue weighted by atomic mass is 32.1. The van der Waals surface area contributed by atoms with Gasteiger partial charge in [-0.2, -0.15) is 5.26 Å². The number of carbonyl (C=O) groups is 2. The summed E-state index contributed by atoms with van der Waals surface area (Å²) in [5.41, 5.74) is 0.615. The second-order valence-electron chi connectivity index (χ2n) is 7.71. The molecule has 2 aromatic rings. The fraction of sp³-hybridized carbons (Fsp3) is 0.381. The molecule has 0 saturated carbocycles. The number of benzene rings is 1. The molecule has 2 atom stereocenters. The monoisotopic (exact) mass is 442 g/mol. The van der Waals surface area contributed by atoms with Gasteiger partial charge >= 0.3 is 5.97 Å². The quantitative estimate of drug-likeness (QED) is 0.409. The topological polar surface area (TPSA) is 126 Å². The molecule has 31 heavy (non-hydrogen) atoms. The molecule has 1 aromatic carbocycles. The molecule has 1 aliphatic rings. The van der Waals surface area contributed by atoms with E-state index in [4.69, 9.17) is 10.00 Å². The summed E-state index contributed by atoms with van der Waals surface area (Å²) in [4.78, 5) is 37.5. The van der Waals surface area contributed by atoms with Crippen LogP contribution in [0.2, 0.25) is 0 Å². The zero-order chi connectivity index (χ0) is 22.5. The molecule has 0 radical (unpaired) electrons. The summed E-state index contributed by atoms with van der Waals surface area (Å²) >= 11 is 1.18. The Balaban J connectivity index is 1.68. The minimum atomic E-state index is -0.836. The number of nitriles is 1. The van der Waals surface area contributed by atoms with Crippen molar-refractivity contribution in [3.8, 4) is 6.07 Å². The molecule has 1 aromatic heterocycles. The highest BCUT2D eigenvalue weighted by molar-refractivity contribution is 7.14. The van der Waals surface area contributed by atoms with Crippen molar-refractivity contribution in [3.05, 3.63) is 50.9 Å². The molecule has 1 N–H and O–H groups in total. The van der Waals surface area contributed by atoms with Gasteiger partial charge in [-0.25, -0.2) is 4.79 Å². The molecule has 0 unspecified atom stereocenters. The molecule has 9 nitrogen and oxygen atoms in total. The Bertz CT molecular complexity index is 1030. The molecule has 162 valence electrons. The van der Waals surface area contributed by atoms with E-state index in [-0.39, 0.29) is 11.3 Å². The van der Waals surface area contributed by atoms with Crippen molar-refractivity contribution in [1.82, 2.24) is 0 Å². The van der Waals surface area contributed by atoms with E-state index in [1.165, 1.54) is 23.5 Å². The first-order valence-electron chi connectivity index (χ1n) is 9.76. The maximum Gasteiger partial charge on any atom is 0.338 e. The van der Waals surface area contributed by atoms with Crippen LogP contribution in [0.3, 0.4) is 0 Å². The highest BCUT2D eigenvalue weighted by Crippen LogP contribution is 2.34. The van der Waals surface area contributed by atoms with Gasteiger partial charge in [0.1, 0.15) is 16.8 Å². The van der Waals surface area contributed by atoms with Crippen LogP contribution in [0.1, 0.15) is 36.2 Å². The number of thiophene rings is 1. The normalized spacial score (nSPS) is 18.2. The number of piperidine rings is 1. The van der Waals surface area contributed by atoms with Crippen molar-refractivity contribution in [1.29, 1.82) is 5.26 Å². The highest BCUT2D eigenvalue weighted by Gasteiger charge is 2.28. The number of nitro groups is 1. The summed E-state index contributed by atoms with van der Waals surface area (Å²) in [5.74, 6) is -0.612. The Kier molecular flexibility index (Phi) is 6.87. The average Bonchev–Trinajstić information content (AvgIpc) is 3.17. The first-order chi connectivity index (χ1) is 14.8. The number of esters is 1. The first-order valence-corrected chi connectivity index (χ1v) is 10.6. The van der Waals surface area contributed by atoms with Gasteiger partial charge < -0.3 is 15.0 Å². The Hall–Kier alpha value is -3.45. The van der Waals surface area contributed by atoms with Gasteiger partial charge in [0.05, 0.1) is 16.1 Å². The van der Waals surface area contributed by atoms with E-state index in [2.05, 4.69) is 19.2 Å². The third-order valence-electron chi connectivity index (χ3n) is 4.99. The van der Waals surface area contributed by atoms with Crippen molar-refractivity contribution in [3.63, 3.8) is 0 Å². The molecule has 2 heterocycles. The number of carbonyl (C=O) groups excluding carboxylic acids is 2. The second-order valence-corrected chi connectivity index (χ2v) is 8.63. The van der Waals surface area contributed by atoms with Crippen molar-refractivity contribution in [2.45, 2.75) is 20.3 Å². The molecule has 1 amide bonds. The van der Waals surface area contributed by atoms with Gasteiger partial charge in [0, 0.05) is 19.2 Å². The Morgan fingerprint density at radius 1 is 1.32 bits per heavy atom. The van der Waals surface area contributed by atoms with E-state index < -0.39 is 23.4 Å². The Morgan fingerprint density at radius 2 is 2.03 bits per heavy atom. The molecule has 1 fully saturated rings. The fourth-order valence-electron chi connectivity index (χ4n) is 3.79. The SMILES string of the molecule is C[C@H]1C[C@H](C)CN(c2ccc(C(=O)OCC(=O)Nc3sccc3C#N)cc2[N+](=O)[O-])C1. The van der Waals surface area contributed by atoms with Crippen LogP contribution in [-0.4, -0.2) is 36.5 Å². The summed E-state index contributed by atoms with van der Waals surface area (Å²) < 4.78 is 5.00. The third-order valence-corrected chi connectivity index (χ3v) is 5.82. The van der Waals surface area contributed by atoms with E-state index in [0.29, 0.717) is 41.2 Å². The lowest BCUT2D eigenvalue weighted by Crippen LogP contribution is -2.39. The number of nitro benzene ring substituents is 1. The number of amides is 1. The van der Waals surface area contributed by atoms with Crippen LogP contribution in [0, 0.1) is 33.3 Å². The number of rotatable bonds is 6. The summed E-state index contributed by atoms with van der Waals surface area (Å²) in [6.07, 6.45) is 1.07. The number of anilines is 2. The third kappa shape index (κ3) is 5.38. The molecule has 3 rings (SSSR count). The van der Waals surface area contributed by atoms with E-state index in [9.17, 15) is 19.7 Å². The zero-order valence-corrected chi connectivity index (χ0v) is 18.0. The van der Waals surface area contributed by atoms with Crippen molar-refractivity contribution in [2.24, 2.45) is 11.8 Å². The number of nitrogens with zero attached hydrogens (tertiary/aromatic N) is 3. The molecular formula is C21H22N4O5S. The number of nitrogens with one attached hydrogen (secondary N) is 1. The first kappa shape index (κ1) is 22.2. The molecule has 1 aliphatic heterocycles. The molecule has 0 spiro atoms. The largest absolute Gasteiger partial charge is 0.452 e. The standard InChI is InChI=1S/C21H22N4O5S/c1-13-7-14(2)11-24(10-13)17-4-3-15(8-18(17)25(28)29)21(27)30-12-19(26)23-20-16(9-22)5-6-31-20/h3-6,8,13-14H,7,10-12H2,1-2H3,(H,23,26)/t13-,14-/m0/s1. The van der Waals surface area contributed by atoms with Crippen LogP contribution in [0.25, 0.3) is 0 Å². The zero-order valence-electron chi connectivity index (χ0n) is 17.2. The summed E-state index contributed by atoms with van der Waals surface area (Å²) in [5, 5.41) is 25.1. The number of hydrogen-bond acceptors (Lipinski definition) is 8. The molecular weight excluding hydrogens is 420 g/mol. The molecule has 10 heteroatoms. The van der Waals surface area contributed by atoms with E-state index in [1.54, 1.807) is 17.5 Å². The minimum absolute atomic E-state index is 0.00445. The van der Waals surface area contributed by atoms with Crippen LogP contribution in [0.4, 0.5) is 16.4 Å². The number of ether oxygens (including phenoxy) is 1. The molecule has 0 aliphatic carbocycles. The lowest BCUT2D eigenvalue weighted by molar-refractivity contribution is -0.384. The summed E-state index contributed by atoms with van der Waals surface area (Å²) in [6.45, 7) is 5.07. The lowest BCUT2D eigenvalue weighted by Gasteiger charge is -2.36. The van der Waals surface area contributed by atoms with Crippen LogP contribution >= 0.6 is 11.3 Å². The maximum atomic E-state index is 12.4. The summed E-state index contributed by atoms with van der Waals surface area (Å²) in [7, 11) is 0. The van der Waals surface area contributed by atoms with Crippen LogP contribution < -0.4 is 10.2 Å². The number of hydrogen-bond donors (Lipinski definition) is 1. The van der Waals surface area contributed by atoms with Gasteiger partial charge in [0.15, 0.2) is 6.61 Å². The van der Waals surface area contributed by atoms with Crippen LogP contribution in [0.15, 0.2) is 29.6 Å². The smallest absolute Gasteiger partial charge is 0.338 e. The average molecular weight is 442 g/mol. The van der Waals surface area contributed by atoms with Gasteiger partial charge in [-0.15, -0.1) is 11.3 Å². The van der Waals surface area contributed by atoms with Gasteiger partial charge in [-0.1, -0.05) is 13.8 Å². The van der Waals surface area contributed by atoms with Gasteiger partial charge in [0.2, 0.25) is 0 Å². The van der Waals surface area contributed by atoms with Crippen molar-refractivity contribution >= 4 is 39.6 Å². The van der Waals surface area contributed by atoms with Crippen molar-refractivity contribution < 1.29 is 19.2 Å². The van der Waals surface area contributed by atoms with Gasteiger partial charge in [-0.3, -0.25) is 14.9 Å². The fourth-order valence-corrected chi connectivity index (χ4v) is 4.55. The molecule has 0 bridgehead atoms. The van der Waals surface area contributed by atoms with Gasteiger partial charge in [-0.05, 0) is 41.8 Å². The summed E-state index contributed by atoms with van der Waals surface area (Å²) in [6, 6.07) is 7.73. The van der Waals surface area contributed by atoms with E-state index >= 15 is 0 Å². The predicted octanol–water partition coefficient (Wildman–Crippen LogP) is 3.81. The second kappa shape index (κ2) is 9.57. The van der Waals surface area contributed by atoms with Crippen LogP contribution in [0.5, 0.6) is 0 Å². The molecule has 1 saturated heterocycles. The van der Waals surface area contributed by atoms with E-state index in [1.807, 2.05) is 11.0 Å². The minimum Gasteiger partial charge on any atom is -0.452 e.